The third-order valence-corrected chi connectivity index (χ3v) is 8.09. The zero-order chi connectivity index (χ0) is 36.4. The first-order valence-electron chi connectivity index (χ1n) is 16.7. The molecule has 0 aromatic carbocycles. The van der Waals surface area contributed by atoms with E-state index < -0.39 is 78.1 Å². The average Bonchev–Trinajstić information content (AvgIpc) is 3.52. The molecule has 0 saturated carbocycles. The van der Waals surface area contributed by atoms with Crippen LogP contribution in [0.4, 0.5) is 0 Å². The van der Waals surface area contributed by atoms with E-state index in [1.54, 1.807) is 13.8 Å². The van der Waals surface area contributed by atoms with Crippen LogP contribution in [-0.2, 0) is 33.6 Å². The summed E-state index contributed by atoms with van der Waals surface area (Å²) in [7, 11) is 0. The standard InChI is InChI=1S/C31H55N9O8/c1-6-11-20(36-19(5)41)26(44)37-21(14-15-24(42)43)27(45)39-25(18(4)7-2)29(47)38-22(12-9-16-35-31(32)33)30(48)40-17-10-13-23(40)28(46)34-8-3/h18,20-23,25H,6-17H2,1-5H3,(H,34,46)(H,36,41)(H,37,44)(H,38,47)(H,39,45)(H,42,43)(H4,32,33,35)/t18-,20+,21-,22-,23-,25-/m0/s1. The average molecular weight is 682 g/mol. The number of hydrogen-bond acceptors (Lipinski definition) is 8. The highest BCUT2D eigenvalue weighted by Crippen LogP contribution is 2.20. The molecule has 48 heavy (non-hydrogen) atoms. The number of nitrogens with one attached hydrogen (secondary N) is 5. The Morgan fingerprint density at radius 3 is 2.06 bits per heavy atom. The first kappa shape index (κ1) is 41.6. The van der Waals surface area contributed by atoms with Crippen LogP contribution in [0, 0.1) is 5.92 Å². The third-order valence-electron chi connectivity index (χ3n) is 8.09. The number of rotatable bonds is 21. The fourth-order valence-electron chi connectivity index (χ4n) is 5.39. The lowest BCUT2D eigenvalue weighted by atomic mass is 9.96. The summed E-state index contributed by atoms with van der Waals surface area (Å²) in [6.07, 6.45) is 2.10. The van der Waals surface area contributed by atoms with Crippen LogP contribution in [0.25, 0.3) is 0 Å². The molecule has 0 unspecified atom stereocenters. The van der Waals surface area contributed by atoms with Gasteiger partial charge in [-0.15, -0.1) is 0 Å². The monoisotopic (exact) mass is 681 g/mol. The van der Waals surface area contributed by atoms with Gasteiger partial charge in [-0.25, -0.2) is 0 Å². The molecule has 6 atom stereocenters. The molecular formula is C31H55N9O8. The number of nitrogens with two attached hydrogens (primary N) is 2. The molecule has 1 rings (SSSR count). The summed E-state index contributed by atoms with van der Waals surface area (Å²) in [5.41, 5.74) is 10.9. The van der Waals surface area contributed by atoms with E-state index >= 15 is 0 Å². The summed E-state index contributed by atoms with van der Waals surface area (Å²) < 4.78 is 0. The Kier molecular flexibility index (Phi) is 18.6. The molecule has 1 heterocycles. The first-order valence-corrected chi connectivity index (χ1v) is 16.7. The maximum atomic E-state index is 13.8. The van der Waals surface area contributed by atoms with E-state index in [1.807, 2.05) is 13.8 Å². The second-order valence-electron chi connectivity index (χ2n) is 12.0. The number of carbonyl (C=O) groups is 7. The van der Waals surface area contributed by atoms with Gasteiger partial charge in [0.15, 0.2) is 5.96 Å². The van der Waals surface area contributed by atoms with E-state index in [1.165, 1.54) is 11.8 Å². The molecule has 0 aliphatic carbocycles. The molecule has 17 nitrogen and oxygen atoms in total. The zero-order valence-electron chi connectivity index (χ0n) is 28.8. The predicted octanol–water partition coefficient (Wildman–Crippen LogP) is -1.16. The van der Waals surface area contributed by atoms with Crippen LogP contribution in [0.1, 0.15) is 92.4 Å². The van der Waals surface area contributed by atoms with E-state index in [2.05, 4.69) is 31.6 Å². The van der Waals surface area contributed by atoms with Crippen molar-refractivity contribution in [2.45, 2.75) is 123 Å². The summed E-state index contributed by atoms with van der Waals surface area (Å²) >= 11 is 0. The van der Waals surface area contributed by atoms with Crippen molar-refractivity contribution >= 4 is 47.4 Å². The Morgan fingerprint density at radius 1 is 0.875 bits per heavy atom. The lowest BCUT2D eigenvalue weighted by molar-refractivity contribution is -0.142. The molecule has 0 radical (unpaired) electrons. The summed E-state index contributed by atoms with van der Waals surface area (Å²) in [4.78, 5) is 95.3. The van der Waals surface area contributed by atoms with E-state index in [0.717, 1.165) is 0 Å². The Labute approximate surface area is 282 Å². The summed E-state index contributed by atoms with van der Waals surface area (Å²) in [5.74, 6) is -5.08. The molecule has 17 heteroatoms. The first-order chi connectivity index (χ1) is 22.7. The highest BCUT2D eigenvalue weighted by atomic mass is 16.4. The second kappa shape index (κ2) is 21.4. The number of aliphatic carboxylic acids is 1. The molecular weight excluding hydrogens is 626 g/mol. The summed E-state index contributed by atoms with van der Waals surface area (Å²) in [5, 5.41) is 22.5. The lowest BCUT2D eigenvalue weighted by Gasteiger charge is -2.31. The number of likely N-dealkylation sites (tertiary alicyclic amines) is 1. The van der Waals surface area contributed by atoms with E-state index in [9.17, 15) is 38.7 Å². The van der Waals surface area contributed by atoms with Gasteiger partial charge in [-0.3, -0.25) is 38.6 Å². The molecule has 0 spiro atoms. The molecule has 1 aliphatic rings. The normalized spacial score (nSPS) is 17.1. The molecule has 0 aromatic heterocycles. The minimum absolute atomic E-state index is 0.125. The largest absolute Gasteiger partial charge is 0.481 e. The van der Waals surface area contributed by atoms with Gasteiger partial charge in [0, 0.05) is 33.0 Å². The van der Waals surface area contributed by atoms with Gasteiger partial charge in [-0.05, 0) is 51.4 Å². The number of carboxylic acid groups (broad SMARTS) is 1. The zero-order valence-corrected chi connectivity index (χ0v) is 28.8. The van der Waals surface area contributed by atoms with E-state index in [0.29, 0.717) is 45.2 Å². The van der Waals surface area contributed by atoms with Crippen molar-refractivity contribution in [3.05, 3.63) is 0 Å². The fraction of sp³-hybridized carbons (Fsp3) is 0.742. The van der Waals surface area contributed by atoms with Crippen LogP contribution >= 0.6 is 0 Å². The van der Waals surface area contributed by atoms with Gasteiger partial charge in [0.05, 0.1) is 0 Å². The number of nitrogens with zero attached hydrogens (tertiary/aromatic N) is 2. The van der Waals surface area contributed by atoms with Crippen molar-refractivity contribution in [3.8, 4) is 0 Å². The molecule has 1 saturated heterocycles. The number of aliphatic imine (C=N–C) groups is 1. The Hall–Kier alpha value is -4.44. The van der Waals surface area contributed by atoms with E-state index in [4.69, 9.17) is 11.5 Å². The van der Waals surface area contributed by atoms with Crippen LogP contribution in [0.15, 0.2) is 4.99 Å². The maximum absolute atomic E-state index is 13.8. The van der Waals surface area contributed by atoms with Crippen LogP contribution in [-0.4, -0.2) is 107 Å². The van der Waals surface area contributed by atoms with Gasteiger partial charge in [-0.2, -0.15) is 0 Å². The van der Waals surface area contributed by atoms with Crippen molar-refractivity contribution in [3.63, 3.8) is 0 Å². The van der Waals surface area contributed by atoms with Crippen LogP contribution in [0.5, 0.6) is 0 Å². The van der Waals surface area contributed by atoms with Crippen molar-refractivity contribution in [2.24, 2.45) is 22.4 Å². The number of likely N-dealkylation sites (N-methyl/N-ethyl adjacent to an activating group) is 1. The molecule has 6 amide bonds. The number of carboxylic acids is 1. The molecule has 272 valence electrons. The van der Waals surface area contributed by atoms with Gasteiger partial charge < -0.3 is 48.1 Å². The van der Waals surface area contributed by atoms with Crippen molar-refractivity contribution in [2.75, 3.05) is 19.6 Å². The summed E-state index contributed by atoms with van der Waals surface area (Å²) in [6, 6.07) is -5.20. The smallest absolute Gasteiger partial charge is 0.303 e. The summed E-state index contributed by atoms with van der Waals surface area (Å²) in [6.45, 7) is 9.29. The fourth-order valence-corrected chi connectivity index (χ4v) is 5.39. The highest BCUT2D eigenvalue weighted by Gasteiger charge is 2.39. The van der Waals surface area contributed by atoms with Gasteiger partial charge in [0.1, 0.15) is 30.2 Å². The Bertz CT molecular complexity index is 1160. The Balaban J connectivity index is 3.29. The minimum atomic E-state index is -1.33. The molecule has 0 aromatic rings. The molecule has 1 aliphatic heterocycles. The van der Waals surface area contributed by atoms with Gasteiger partial charge in [0.2, 0.25) is 35.4 Å². The third kappa shape index (κ3) is 14.1. The van der Waals surface area contributed by atoms with Crippen LogP contribution < -0.4 is 38.1 Å². The number of carbonyl (C=O) groups excluding carboxylic acids is 6. The quantitative estimate of drug-likeness (QED) is 0.0409. The topological polar surface area (TPSA) is 268 Å². The van der Waals surface area contributed by atoms with Gasteiger partial charge >= 0.3 is 5.97 Å². The van der Waals surface area contributed by atoms with E-state index in [-0.39, 0.29) is 37.7 Å². The van der Waals surface area contributed by atoms with Crippen LogP contribution in [0.3, 0.4) is 0 Å². The van der Waals surface area contributed by atoms with Gasteiger partial charge in [0.25, 0.3) is 0 Å². The molecule has 0 bridgehead atoms. The lowest BCUT2D eigenvalue weighted by Crippen LogP contribution is -2.60. The number of hydrogen-bond donors (Lipinski definition) is 8. The minimum Gasteiger partial charge on any atom is -0.481 e. The number of guanidine groups is 1. The molecule has 1 fully saturated rings. The van der Waals surface area contributed by atoms with Crippen molar-refractivity contribution in [1.29, 1.82) is 0 Å². The Morgan fingerprint density at radius 2 is 1.50 bits per heavy atom. The van der Waals surface area contributed by atoms with Crippen LogP contribution in [0.2, 0.25) is 0 Å². The highest BCUT2D eigenvalue weighted by molar-refractivity contribution is 5.96. The van der Waals surface area contributed by atoms with Crippen molar-refractivity contribution < 1.29 is 38.7 Å². The maximum Gasteiger partial charge on any atom is 0.303 e. The van der Waals surface area contributed by atoms with Crippen molar-refractivity contribution in [1.82, 2.24) is 31.5 Å². The SMILES string of the molecule is CCC[C@@H](NC(C)=O)C(=O)N[C@@H](CCC(=O)O)C(=O)N[C@H](C(=O)N[C@@H](CCCN=C(N)N)C(=O)N1CCC[C@H]1C(=O)NCC)[C@@H](C)CC. The van der Waals surface area contributed by atoms with Gasteiger partial charge in [-0.1, -0.05) is 33.6 Å². The molecule has 10 N–H and O–H groups in total. The second-order valence-corrected chi connectivity index (χ2v) is 12.0. The predicted molar refractivity (Wildman–Crippen MR) is 178 cm³/mol. The number of amides is 6.